The van der Waals surface area contributed by atoms with Gasteiger partial charge in [-0.3, -0.25) is 9.69 Å². The van der Waals surface area contributed by atoms with E-state index in [1.54, 1.807) is 13.3 Å². The molecule has 2 aromatic rings. The lowest BCUT2D eigenvalue weighted by atomic mass is 9.70. The Morgan fingerprint density at radius 1 is 1.24 bits per heavy atom. The molecule has 25 heavy (non-hydrogen) atoms. The summed E-state index contributed by atoms with van der Waals surface area (Å²) in [6.07, 6.45) is 5.12. The van der Waals surface area contributed by atoms with Crippen LogP contribution in [0, 0.1) is 0 Å². The molecule has 2 aliphatic rings. The molecule has 0 radical (unpaired) electrons. The molecule has 1 aromatic heterocycles. The van der Waals surface area contributed by atoms with Crippen molar-refractivity contribution in [1.29, 1.82) is 0 Å². The van der Waals surface area contributed by atoms with Gasteiger partial charge in [0.1, 0.15) is 11.6 Å². The zero-order valence-corrected chi connectivity index (χ0v) is 15.0. The van der Waals surface area contributed by atoms with Gasteiger partial charge in [-0.25, -0.2) is 4.98 Å². The number of amides is 1. The molecular formula is C20H21ClN2O2. The predicted molar refractivity (Wildman–Crippen MR) is 98.2 cm³/mol. The number of rotatable bonds is 3. The van der Waals surface area contributed by atoms with Crippen molar-refractivity contribution < 1.29 is 9.53 Å². The van der Waals surface area contributed by atoms with E-state index in [4.69, 9.17) is 16.3 Å². The lowest BCUT2D eigenvalue weighted by molar-refractivity contribution is -0.124. The standard InChI is InChI=1S/C20H21ClN2O2/c1-25-16-6-4-14(5-7-16)13-23-18-17(3-2-12-22-18)20(19(23)24)10-8-15(21)9-11-20/h2-7,12,15H,8-11,13H2,1H3. The van der Waals surface area contributed by atoms with E-state index in [2.05, 4.69) is 11.1 Å². The lowest BCUT2D eigenvalue weighted by Crippen LogP contribution is -2.42. The predicted octanol–water partition coefficient (Wildman–Crippen LogP) is 4.06. The number of carbonyl (C=O) groups is 1. The van der Waals surface area contributed by atoms with Crippen molar-refractivity contribution in [3.8, 4) is 5.75 Å². The molecule has 1 spiro atoms. The number of ether oxygens (including phenoxy) is 1. The number of halogens is 1. The molecule has 4 rings (SSSR count). The van der Waals surface area contributed by atoms with E-state index in [1.807, 2.05) is 35.2 Å². The van der Waals surface area contributed by atoms with Crippen LogP contribution < -0.4 is 9.64 Å². The van der Waals surface area contributed by atoms with Gasteiger partial charge in [0.15, 0.2) is 0 Å². The minimum Gasteiger partial charge on any atom is -0.497 e. The van der Waals surface area contributed by atoms with Gasteiger partial charge in [-0.15, -0.1) is 11.6 Å². The van der Waals surface area contributed by atoms with E-state index in [9.17, 15) is 4.79 Å². The van der Waals surface area contributed by atoms with Crippen molar-refractivity contribution in [2.45, 2.75) is 43.0 Å². The van der Waals surface area contributed by atoms with Gasteiger partial charge >= 0.3 is 0 Å². The SMILES string of the molecule is COc1ccc(CN2C(=O)C3(CCC(Cl)CC3)c3cccnc32)cc1. The Bertz CT molecular complexity index is 783. The average molecular weight is 357 g/mol. The van der Waals surface area contributed by atoms with Gasteiger partial charge in [0.25, 0.3) is 0 Å². The normalized spacial score (nSPS) is 25.3. The van der Waals surface area contributed by atoms with E-state index in [0.717, 1.165) is 48.4 Å². The Kier molecular flexibility index (Phi) is 4.16. The Morgan fingerprint density at radius 2 is 1.96 bits per heavy atom. The highest BCUT2D eigenvalue weighted by Crippen LogP contribution is 2.50. The van der Waals surface area contributed by atoms with E-state index in [-0.39, 0.29) is 11.3 Å². The highest BCUT2D eigenvalue weighted by Gasteiger charge is 2.52. The number of hydrogen-bond acceptors (Lipinski definition) is 3. The summed E-state index contributed by atoms with van der Waals surface area (Å²) in [4.78, 5) is 19.8. The summed E-state index contributed by atoms with van der Waals surface area (Å²) < 4.78 is 5.21. The van der Waals surface area contributed by atoms with Crippen molar-refractivity contribution in [2.24, 2.45) is 0 Å². The highest BCUT2D eigenvalue weighted by molar-refractivity contribution is 6.20. The number of hydrogen-bond donors (Lipinski definition) is 0. The first kappa shape index (κ1) is 16.4. The summed E-state index contributed by atoms with van der Waals surface area (Å²) in [5.74, 6) is 1.78. The molecule has 0 saturated heterocycles. The maximum Gasteiger partial charge on any atom is 0.239 e. The quantitative estimate of drug-likeness (QED) is 0.779. The third kappa shape index (κ3) is 2.69. The maximum atomic E-state index is 13.4. The van der Waals surface area contributed by atoms with Crippen LogP contribution in [-0.2, 0) is 16.8 Å². The number of alkyl halides is 1. The Morgan fingerprint density at radius 3 is 2.64 bits per heavy atom. The third-order valence-electron chi connectivity index (χ3n) is 5.48. The van der Waals surface area contributed by atoms with E-state index < -0.39 is 5.41 Å². The fraction of sp³-hybridized carbons (Fsp3) is 0.400. The van der Waals surface area contributed by atoms with Gasteiger partial charge < -0.3 is 4.74 Å². The van der Waals surface area contributed by atoms with Crippen molar-refractivity contribution >= 4 is 23.3 Å². The monoisotopic (exact) mass is 356 g/mol. The Balaban J connectivity index is 1.68. The molecule has 130 valence electrons. The molecular weight excluding hydrogens is 336 g/mol. The molecule has 1 fully saturated rings. The number of fused-ring (bicyclic) bond motifs is 2. The summed E-state index contributed by atoms with van der Waals surface area (Å²) in [5.41, 5.74) is 1.69. The number of pyridine rings is 1. The van der Waals surface area contributed by atoms with E-state index >= 15 is 0 Å². The molecule has 5 heteroatoms. The topological polar surface area (TPSA) is 42.4 Å². The van der Waals surface area contributed by atoms with Crippen LogP contribution >= 0.6 is 11.6 Å². The molecule has 1 saturated carbocycles. The van der Waals surface area contributed by atoms with Crippen LogP contribution in [0.2, 0.25) is 0 Å². The first-order valence-corrected chi connectivity index (χ1v) is 9.12. The van der Waals surface area contributed by atoms with Crippen LogP contribution in [0.15, 0.2) is 42.6 Å². The molecule has 1 aliphatic heterocycles. The van der Waals surface area contributed by atoms with Crippen molar-refractivity contribution in [3.05, 3.63) is 53.7 Å². The van der Waals surface area contributed by atoms with Crippen LogP contribution in [0.1, 0.15) is 36.8 Å². The maximum absolute atomic E-state index is 13.4. The molecule has 0 bridgehead atoms. The summed E-state index contributed by atoms with van der Waals surface area (Å²) in [5, 5.41) is 0.175. The van der Waals surface area contributed by atoms with Crippen LogP contribution in [0.3, 0.4) is 0 Å². The van der Waals surface area contributed by atoms with Crippen LogP contribution in [0.25, 0.3) is 0 Å². The number of carbonyl (C=O) groups excluding carboxylic acids is 1. The Labute approximate surface area is 152 Å². The molecule has 0 atom stereocenters. The third-order valence-corrected chi connectivity index (χ3v) is 5.92. The smallest absolute Gasteiger partial charge is 0.239 e. The second-order valence-corrected chi connectivity index (χ2v) is 7.49. The van der Waals surface area contributed by atoms with Crippen LogP contribution in [-0.4, -0.2) is 23.4 Å². The molecule has 0 unspecified atom stereocenters. The second kappa shape index (κ2) is 6.34. The van der Waals surface area contributed by atoms with Crippen molar-refractivity contribution in [3.63, 3.8) is 0 Å². The second-order valence-electron chi connectivity index (χ2n) is 6.87. The van der Waals surface area contributed by atoms with Crippen LogP contribution in [0.4, 0.5) is 5.82 Å². The van der Waals surface area contributed by atoms with Gasteiger partial charge in [-0.05, 0) is 49.4 Å². The largest absolute Gasteiger partial charge is 0.497 e. The molecule has 2 heterocycles. The van der Waals surface area contributed by atoms with E-state index in [0.29, 0.717) is 6.54 Å². The minimum atomic E-state index is -0.443. The fourth-order valence-corrected chi connectivity index (χ4v) is 4.29. The van der Waals surface area contributed by atoms with Gasteiger partial charge in [0.2, 0.25) is 5.91 Å². The van der Waals surface area contributed by atoms with Crippen molar-refractivity contribution in [1.82, 2.24) is 4.98 Å². The zero-order chi connectivity index (χ0) is 17.4. The van der Waals surface area contributed by atoms with Crippen molar-refractivity contribution in [2.75, 3.05) is 12.0 Å². The number of methoxy groups -OCH3 is 1. The summed E-state index contributed by atoms with van der Waals surface area (Å²) >= 11 is 6.30. The average Bonchev–Trinajstić information content (AvgIpc) is 2.88. The van der Waals surface area contributed by atoms with Gasteiger partial charge in [0, 0.05) is 17.1 Å². The van der Waals surface area contributed by atoms with Gasteiger partial charge in [-0.2, -0.15) is 0 Å². The number of nitrogens with zero attached hydrogens (tertiary/aromatic N) is 2. The molecule has 1 aliphatic carbocycles. The lowest BCUT2D eigenvalue weighted by Gasteiger charge is -2.34. The van der Waals surface area contributed by atoms with Crippen LogP contribution in [0.5, 0.6) is 5.75 Å². The van der Waals surface area contributed by atoms with E-state index in [1.165, 1.54) is 0 Å². The first-order chi connectivity index (χ1) is 12.1. The summed E-state index contributed by atoms with van der Waals surface area (Å²) in [6, 6.07) is 11.8. The molecule has 4 nitrogen and oxygen atoms in total. The highest BCUT2D eigenvalue weighted by atomic mass is 35.5. The van der Waals surface area contributed by atoms with Gasteiger partial charge in [-0.1, -0.05) is 18.2 Å². The minimum absolute atomic E-state index is 0.167. The number of benzene rings is 1. The Hall–Kier alpha value is -2.07. The number of anilines is 1. The fourth-order valence-electron chi connectivity index (χ4n) is 4.07. The first-order valence-electron chi connectivity index (χ1n) is 8.68. The number of aromatic nitrogens is 1. The summed E-state index contributed by atoms with van der Waals surface area (Å²) in [6.45, 7) is 0.527. The summed E-state index contributed by atoms with van der Waals surface area (Å²) in [7, 11) is 1.65. The molecule has 0 N–H and O–H groups in total. The zero-order valence-electron chi connectivity index (χ0n) is 14.2. The molecule has 1 aromatic carbocycles. The molecule has 1 amide bonds. The van der Waals surface area contributed by atoms with Gasteiger partial charge in [0.05, 0.1) is 19.1 Å².